The number of hydrogen-bond acceptors (Lipinski definition) is 6. The second-order valence-electron chi connectivity index (χ2n) is 5.81. The van der Waals surface area contributed by atoms with Crippen molar-refractivity contribution < 1.29 is 23.8 Å². The SMILES string of the molecule is COc1cc(/C=N\NC(=O)CCC(=O)Nc2ccc(Br)cc2)cc(OC)c1OC. The molecule has 0 saturated heterocycles. The first-order chi connectivity index (χ1) is 14.0. The summed E-state index contributed by atoms with van der Waals surface area (Å²) in [5.74, 6) is 0.789. The van der Waals surface area contributed by atoms with Gasteiger partial charge >= 0.3 is 0 Å². The Bertz CT molecular complexity index is 859. The van der Waals surface area contributed by atoms with Crippen molar-refractivity contribution in [1.29, 1.82) is 0 Å². The Hall–Kier alpha value is -3.07. The molecule has 2 aromatic rings. The van der Waals surface area contributed by atoms with Crippen molar-refractivity contribution in [2.45, 2.75) is 12.8 Å². The van der Waals surface area contributed by atoms with E-state index in [-0.39, 0.29) is 24.7 Å². The van der Waals surface area contributed by atoms with Gasteiger partial charge in [0.1, 0.15) is 0 Å². The highest BCUT2D eigenvalue weighted by molar-refractivity contribution is 9.10. The summed E-state index contributed by atoms with van der Waals surface area (Å²) in [5.41, 5.74) is 3.70. The number of benzene rings is 2. The summed E-state index contributed by atoms with van der Waals surface area (Å²) < 4.78 is 16.7. The quantitative estimate of drug-likeness (QED) is 0.438. The van der Waals surface area contributed by atoms with Gasteiger partial charge in [-0.25, -0.2) is 5.43 Å². The topological polar surface area (TPSA) is 98.2 Å². The maximum Gasteiger partial charge on any atom is 0.240 e. The zero-order valence-corrected chi connectivity index (χ0v) is 17.9. The molecule has 0 aliphatic heterocycles. The third-order valence-corrected chi connectivity index (χ3v) is 4.33. The smallest absolute Gasteiger partial charge is 0.240 e. The Kier molecular flexibility index (Phi) is 8.47. The molecule has 0 heterocycles. The Morgan fingerprint density at radius 1 is 0.966 bits per heavy atom. The summed E-state index contributed by atoms with van der Waals surface area (Å²) in [4.78, 5) is 23.8. The standard InChI is InChI=1S/C20H22BrN3O5/c1-27-16-10-13(11-17(28-2)20(16)29-3)12-22-24-19(26)9-8-18(25)23-15-6-4-14(21)5-7-15/h4-7,10-12H,8-9H2,1-3H3,(H,23,25)(H,24,26)/b22-12-. The van der Waals surface area contributed by atoms with E-state index in [2.05, 4.69) is 31.8 Å². The molecule has 0 bridgehead atoms. The number of anilines is 1. The van der Waals surface area contributed by atoms with E-state index in [1.54, 1.807) is 24.3 Å². The van der Waals surface area contributed by atoms with Gasteiger partial charge in [-0.2, -0.15) is 5.10 Å². The predicted molar refractivity (Wildman–Crippen MR) is 114 cm³/mol. The van der Waals surface area contributed by atoms with Gasteiger partial charge in [-0.15, -0.1) is 0 Å². The molecular formula is C20H22BrN3O5. The highest BCUT2D eigenvalue weighted by Crippen LogP contribution is 2.37. The van der Waals surface area contributed by atoms with Gasteiger partial charge in [-0.3, -0.25) is 9.59 Å². The molecule has 0 spiro atoms. The van der Waals surface area contributed by atoms with Crippen molar-refractivity contribution in [1.82, 2.24) is 5.43 Å². The van der Waals surface area contributed by atoms with Gasteiger partial charge in [0.2, 0.25) is 17.6 Å². The molecule has 0 aromatic heterocycles. The summed E-state index contributed by atoms with van der Waals surface area (Å²) >= 11 is 3.33. The minimum absolute atomic E-state index is 0.00889. The zero-order valence-electron chi connectivity index (χ0n) is 16.3. The molecule has 29 heavy (non-hydrogen) atoms. The molecule has 2 amide bonds. The van der Waals surface area contributed by atoms with Crippen LogP contribution in [0.2, 0.25) is 0 Å². The van der Waals surface area contributed by atoms with Crippen molar-refractivity contribution in [3.05, 3.63) is 46.4 Å². The number of nitrogens with one attached hydrogen (secondary N) is 2. The maximum absolute atomic E-state index is 11.9. The molecule has 0 fully saturated rings. The van der Waals surface area contributed by atoms with Gasteiger partial charge in [-0.1, -0.05) is 15.9 Å². The van der Waals surface area contributed by atoms with Gasteiger partial charge < -0.3 is 19.5 Å². The lowest BCUT2D eigenvalue weighted by molar-refractivity contribution is -0.124. The number of carbonyl (C=O) groups is 2. The molecule has 2 aromatic carbocycles. The van der Waals surface area contributed by atoms with Crippen molar-refractivity contribution in [3.8, 4) is 17.2 Å². The van der Waals surface area contributed by atoms with Crippen LogP contribution in [0.1, 0.15) is 18.4 Å². The second-order valence-corrected chi connectivity index (χ2v) is 6.72. The number of nitrogens with zero attached hydrogens (tertiary/aromatic N) is 1. The van der Waals surface area contributed by atoms with Crippen LogP contribution >= 0.6 is 15.9 Å². The molecule has 8 nitrogen and oxygen atoms in total. The van der Waals surface area contributed by atoms with E-state index in [1.807, 2.05) is 12.1 Å². The second kappa shape index (κ2) is 11.1. The van der Waals surface area contributed by atoms with E-state index in [0.717, 1.165) is 4.47 Å². The van der Waals surface area contributed by atoms with Crippen molar-refractivity contribution in [2.75, 3.05) is 26.6 Å². The maximum atomic E-state index is 11.9. The molecule has 2 rings (SSSR count). The molecule has 0 atom stereocenters. The first kappa shape index (κ1) is 22.2. The average molecular weight is 464 g/mol. The third-order valence-electron chi connectivity index (χ3n) is 3.80. The molecule has 154 valence electrons. The predicted octanol–water partition coefficient (Wildman–Crippen LogP) is 3.34. The summed E-state index contributed by atoms with van der Waals surface area (Å²) in [5, 5.41) is 6.63. The largest absolute Gasteiger partial charge is 0.493 e. The van der Waals surface area contributed by atoms with Crippen molar-refractivity contribution >= 4 is 39.6 Å². The van der Waals surface area contributed by atoms with Crippen LogP contribution in [0.3, 0.4) is 0 Å². The van der Waals surface area contributed by atoms with Gasteiger partial charge in [0.25, 0.3) is 0 Å². The first-order valence-electron chi connectivity index (χ1n) is 8.64. The Labute approximate surface area is 177 Å². The van der Waals surface area contributed by atoms with E-state index < -0.39 is 0 Å². The Morgan fingerprint density at radius 2 is 1.55 bits per heavy atom. The number of carbonyl (C=O) groups excluding carboxylic acids is 2. The number of ether oxygens (including phenoxy) is 3. The van der Waals surface area contributed by atoms with E-state index in [9.17, 15) is 9.59 Å². The minimum Gasteiger partial charge on any atom is -0.493 e. The van der Waals surface area contributed by atoms with E-state index in [0.29, 0.717) is 28.5 Å². The lowest BCUT2D eigenvalue weighted by atomic mass is 10.2. The number of hydrazone groups is 1. The number of hydrogen-bond donors (Lipinski definition) is 2. The van der Waals surface area contributed by atoms with Crippen LogP contribution < -0.4 is 25.0 Å². The van der Waals surface area contributed by atoms with E-state index in [4.69, 9.17) is 14.2 Å². The number of halogens is 1. The molecule has 0 aliphatic rings. The monoisotopic (exact) mass is 463 g/mol. The fourth-order valence-corrected chi connectivity index (χ4v) is 2.66. The highest BCUT2D eigenvalue weighted by Gasteiger charge is 2.12. The van der Waals surface area contributed by atoms with Gasteiger partial charge in [0, 0.05) is 28.6 Å². The lowest BCUT2D eigenvalue weighted by Crippen LogP contribution is -2.20. The fourth-order valence-electron chi connectivity index (χ4n) is 2.39. The molecule has 2 N–H and O–H groups in total. The summed E-state index contributed by atoms with van der Waals surface area (Å²) in [6.45, 7) is 0. The van der Waals surface area contributed by atoms with Crippen LogP contribution in [0.25, 0.3) is 0 Å². The Morgan fingerprint density at radius 3 is 2.10 bits per heavy atom. The van der Waals surface area contributed by atoms with Gasteiger partial charge in [0.05, 0.1) is 27.5 Å². The van der Waals surface area contributed by atoms with Crippen molar-refractivity contribution in [3.63, 3.8) is 0 Å². The molecular weight excluding hydrogens is 442 g/mol. The number of rotatable bonds is 9. The molecule has 0 aliphatic carbocycles. The van der Waals surface area contributed by atoms with Crippen LogP contribution in [-0.2, 0) is 9.59 Å². The van der Waals surface area contributed by atoms with Gasteiger partial charge in [-0.05, 0) is 36.4 Å². The highest BCUT2D eigenvalue weighted by atomic mass is 79.9. The van der Waals surface area contributed by atoms with Crippen LogP contribution in [0.5, 0.6) is 17.2 Å². The molecule has 0 radical (unpaired) electrons. The van der Waals surface area contributed by atoms with Crippen LogP contribution in [0.15, 0.2) is 46.0 Å². The summed E-state index contributed by atoms with van der Waals surface area (Å²) in [6, 6.07) is 10.6. The third kappa shape index (κ3) is 6.79. The first-order valence-corrected chi connectivity index (χ1v) is 9.43. The van der Waals surface area contributed by atoms with Crippen molar-refractivity contribution in [2.24, 2.45) is 5.10 Å². The molecule has 0 saturated carbocycles. The number of methoxy groups -OCH3 is 3. The number of amides is 2. The normalized spacial score (nSPS) is 10.5. The Balaban J connectivity index is 1.86. The lowest BCUT2D eigenvalue weighted by Gasteiger charge is -2.12. The fraction of sp³-hybridized carbons (Fsp3) is 0.250. The zero-order chi connectivity index (χ0) is 21.2. The minimum atomic E-state index is -0.375. The van der Waals surface area contributed by atoms with Gasteiger partial charge in [0.15, 0.2) is 11.5 Å². The van der Waals surface area contributed by atoms with E-state index in [1.165, 1.54) is 27.5 Å². The van der Waals surface area contributed by atoms with Crippen LogP contribution in [0.4, 0.5) is 5.69 Å². The average Bonchev–Trinajstić information content (AvgIpc) is 2.73. The molecule has 0 unspecified atom stereocenters. The summed E-state index contributed by atoms with van der Waals surface area (Å²) in [7, 11) is 4.54. The van der Waals surface area contributed by atoms with Crippen LogP contribution in [0, 0.1) is 0 Å². The summed E-state index contributed by atoms with van der Waals surface area (Å²) in [6.07, 6.45) is 1.50. The van der Waals surface area contributed by atoms with E-state index >= 15 is 0 Å². The van der Waals surface area contributed by atoms with Crippen LogP contribution in [-0.4, -0.2) is 39.4 Å². The molecule has 9 heteroatoms.